The van der Waals surface area contributed by atoms with E-state index in [9.17, 15) is 4.39 Å². The Bertz CT molecular complexity index is 664. The van der Waals surface area contributed by atoms with Crippen LogP contribution >= 0.6 is 0 Å². The number of fused-ring (bicyclic) bond motifs is 1. The molecule has 1 unspecified atom stereocenters. The van der Waals surface area contributed by atoms with Gasteiger partial charge in [-0.25, -0.2) is 4.39 Å². The van der Waals surface area contributed by atoms with E-state index in [4.69, 9.17) is 5.73 Å². The third kappa shape index (κ3) is 2.54. The van der Waals surface area contributed by atoms with Gasteiger partial charge in [0, 0.05) is 29.5 Å². The Morgan fingerprint density at radius 2 is 2.00 bits per heavy atom. The number of nitrogens with zero attached hydrogens (tertiary/aromatic N) is 1. The van der Waals surface area contributed by atoms with Crippen molar-refractivity contribution in [3.63, 3.8) is 0 Å². The summed E-state index contributed by atoms with van der Waals surface area (Å²) in [7, 11) is 0. The fraction of sp³-hybridized carbons (Fsp3) is 0.333. The molecule has 2 nitrogen and oxygen atoms in total. The summed E-state index contributed by atoms with van der Waals surface area (Å²) in [5, 5.41) is 0. The zero-order valence-corrected chi connectivity index (χ0v) is 12.6. The van der Waals surface area contributed by atoms with Crippen LogP contribution in [0.1, 0.15) is 36.1 Å². The minimum absolute atomic E-state index is 0.221. The number of hydrogen-bond acceptors (Lipinski definition) is 2. The number of anilines is 2. The maximum absolute atomic E-state index is 14.2. The molecule has 2 aromatic carbocycles. The predicted molar refractivity (Wildman–Crippen MR) is 85.5 cm³/mol. The topological polar surface area (TPSA) is 29.3 Å². The lowest BCUT2D eigenvalue weighted by Crippen LogP contribution is -2.27. The molecule has 21 heavy (non-hydrogen) atoms. The van der Waals surface area contributed by atoms with Crippen LogP contribution in [0, 0.1) is 12.7 Å². The Balaban J connectivity index is 2.13. The van der Waals surface area contributed by atoms with E-state index < -0.39 is 0 Å². The minimum Gasteiger partial charge on any atom is -0.341 e. The SMILES string of the molecule is Cc1ccc2c(c1)CCCN2c1cccc(F)c1C(C)N. The predicted octanol–water partition coefficient (Wildman–Crippen LogP) is 4.24. The summed E-state index contributed by atoms with van der Waals surface area (Å²) < 4.78 is 14.2. The highest BCUT2D eigenvalue weighted by Crippen LogP contribution is 2.38. The van der Waals surface area contributed by atoms with Gasteiger partial charge in [0.1, 0.15) is 5.82 Å². The summed E-state index contributed by atoms with van der Waals surface area (Å²) in [5.41, 5.74) is 11.3. The van der Waals surface area contributed by atoms with E-state index in [-0.39, 0.29) is 11.9 Å². The highest BCUT2D eigenvalue weighted by Gasteiger charge is 2.23. The molecule has 0 radical (unpaired) electrons. The van der Waals surface area contributed by atoms with Crippen LogP contribution in [0.2, 0.25) is 0 Å². The van der Waals surface area contributed by atoms with Gasteiger partial charge in [0.05, 0.1) is 0 Å². The number of nitrogens with two attached hydrogens (primary N) is 1. The molecule has 2 N–H and O–H groups in total. The molecule has 0 amide bonds. The normalized spacial score (nSPS) is 15.7. The molecule has 3 rings (SSSR count). The van der Waals surface area contributed by atoms with Crippen LogP contribution in [0.5, 0.6) is 0 Å². The first-order chi connectivity index (χ1) is 10.1. The van der Waals surface area contributed by atoms with Gasteiger partial charge in [-0.1, -0.05) is 23.8 Å². The number of halogens is 1. The van der Waals surface area contributed by atoms with Crippen LogP contribution in [0.15, 0.2) is 36.4 Å². The van der Waals surface area contributed by atoms with Gasteiger partial charge in [0.2, 0.25) is 0 Å². The molecule has 0 spiro atoms. The highest BCUT2D eigenvalue weighted by atomic mass is 19.1. The maximum Gasteiger partial charge on any atom is 0.130 e. The van der Waals surface area contributed by atoms with Crippen molar-refractivity contribution in [1.82, 2.24) is 0 Å². The molecular weight excluding hydrogens is 263 g/mol. The molecule has 1 atom stereocenters. The summed E-state index contributed by atoms with van der Waals surface area (Å²) in [4.78, 5) is 2.21. The van der Waals surface area contributed by atoms with E-state index in [1.54, 1.807) is 6.07 Å². The first-order valence-corrected chi connectivity index (χ1v) is 7.49. The highest BCUT2D eigenvalue weighted by molar-refractivity contribution is 5.71. The maximum atomic E-state index is 14.2. The Kier molecular flexibility index (Phi) is 3.68. The summed E-state index contributed by atoms with van der Waals surface area (Å²) in [6.07, 6.45) is 2.15. The first-order valence-electron chi connectivity index (χ1n) is 7.49. The summed E-state index contributed by atoms with van der Waals surface area (Å²) in [5.74, 6) is -0.221. The van der Waals surface area contributed by atoms with Crippen molar-refractivity contribution in [3.05, 3.63) is 58.9 Å². The molecule has 1 aliphatic heterocycles. The van der Waals surface area contributed by atoms with E-state index in [1.165, 1.54) is 22.9 Å². The number of benzene rings is 2. The lowest BCUT2D eigenvalue weighted by molar-refractivity contribution is 0.592. The lowest BCUT2D eigenvalue weighted by Gasteiger charge is -2.33. The Labute approximate surface area is 125 Å². The third-order valence-corrected chi connectivity index (χ3v) is 4.13. The van der Waals surface area contributed by atoms with E-state index in [1.807, 2.05) is 13.0 Å². The monoisotopic (exact) mass is 284 g/mol. The average molecular weight is 284 g/mol. The summed E-state index contributed by atoms with van der Waals surface area (Å²) >= 11 is 0. The minimum atomic E-state index is -0.322. The fourth-order valence-electron chi connectivity index (χ4n) is 3.19. The molecule has 0 aromatic heterocycles. The van der Waals surface area contributed by atoms with Gasteiger partial charge >= 0.3 is 0 Å². The fourth-order valence-corrected chi connectivity index (χ4v) is 3.19. The zero-order chi connectivity index (χ0) is 15.0. The average Bonchev–Trinajstić information content (AvgIpc) is 2.45. The number of rotatable bonds is 2. The molecule has 0 aliphatic carbocycles. The lowest BCUT2D eigenvalue weighted by atomic mass is 9.97. The van der Waals surface area contributed by atoms with Crippen molar-refractivity contribution in [2.45, 2.75) is 32.7 Å². The van der Waals surface area contributed by atoms with Crippen LogP contribution in [0.4, 0.5) is 15.8 Å². The first kappa shape index (κ1) is 14.1. The van der Waals surface area contributed by atoms with Crippen molar-refractivity contribution in [2.24, 2.45) is 5.73 Å². The molecule has 110 valence electrons. The summed E-state index contributed by atoms with van der Waals surface area (Å²) in [6.45, 7) is 4.84. The molecule has 3 heteroatoms. The van der Waals surface area contributed by atoms with E-state index in [0.29, 0.717) is 5.56 Å². The molecule has 2 aromatic rings. The van der Waals surface area contributed by atoms with Gasteiger partial charge in [-0.05, 0) is 50.5 Å². The second kappa shape index (κ2) is 5.49. The third-order valence-electron chi connectivity index (χ3n) is 4.13. The molecule has 0 bridgehead atoms. The number of hydrogen-bond donors (Lipinski definition) is 1. The number of aryl methyl sites for hydroxylation is 2. The molecular formula is C18H21FN2. The molecule has 0 saturated carbocycles. The van der Waals surface area contributed by atoms with Crippen LogP contribution in [0.25, 0.3) is 0 Å². The second-order valence-corrected chi connectivity index (χ2v) is 5.85. The zero-order valence-electron chi connectivity index (χ0n) is 12.6. The largest absolute Gasteiger partial charge is 0.341 e. The Hall–Kier alpha value is -1.87. The van der Waals surface area contributed by atoms with Crippen molar-refractivity contribution < 1.29 is 4.39 Å². The van der Waals surface area contributed by atoms with Gasteiger partial charge in [0.25, 0.3) is 0 Å². The van der Waals surface area contributed by atoms with Gasteiger partial charge in [-0.3, -0.25) is 0 Å². The summed E-state index contributed by atoms with van der Waals surface area (Å²) in [6, 6.07) is 11.4. The van der Waals surface area contributed by atoms with Gasteiger partial charge < -0.3 is 10.6 Å². The van der Waals surface area contributed by atoms with Crippen molar-refractivity contribution in [3.8, 4) is 0 Å². The quantitative estimate of drug-likeness (QED) is 0.893. The van der Waals surface area contributed by atoms with Crippen LogP contribution in [-0.2, 0) is 6.42 Å². The molecule has 0 fully saturated rings. The molecule has 0 saturated heterocycles. The van der Waals surface area contributed by atoms with Crippen molar-refractivity contribution in [2.75, 3.05) is 11.4 Å². The Morgan fingerprint density at radius 3 is 2.76 bits per heavy atom. The van der Waals surface area contributed by atoms with E-state index >= 15 is 0 Å². The van der Waals surface area contributed by atoms with E-state index in [2.05, 4.69) is 30.0 Å². The Morgan fingerprint density at radius 1 is 1.19 bits per heavy atom. The van der Waals surface area contributed by atoms with Gasteiger partial charge in [-0.2, -0.15) is 0 Å². The van der Waals surface area contributed by atoms with Gasteiger partial charge in [0.15, 0.2) is 0 Å². The van der Waals surface area contributed by atoms with Crippen LogP contribution < -0.4 is 10.6 Å². The second-order valence-electron chi connectivity index (χ2n) is 5.85. The van der Waals surface area contributed by atoms with Crippen LogP contribution in [0.3, 0.4) is 0 Å². The van der Waals surface area contributed by atoms with Crippen LogP contribution in [-0.4, -0.2) is 6.54 Å². The molecule has 1 heterocycles. The van der Waals surface area contributed by atoms with Crippen molar-refractivity contribution >= 4 is 11.4 Å². The van der Waals surface area contributed by atoms with E-state index in [0.717, 1.165) is 25.1 Å². The standard InChI is InChI=1S/C18H21FN2/c1-12-8-9-16-14(11-12)5-4-10-21(16)17-7-3-6-15(19)18(17)13(2)20/h3,6-9,11,13H,4-5,10,20H2,1-2H3. The van der Waals surface area contributed by atoms with Crippen molar-refractivity contribution in [1.29, 1.82) is 0 Å². The molecule has 1 aliphatic rings. The van der Waals surface area contributed by atoms with Gasteiger partial charge in [-0.15, -0.1) is 0 Å². The smallest absolute Gasteiger partial charge is 0.130 e.